The summed E-state index contributed by atoms with van der Waals surface area (Å²) in [5.74, 6) is -0.823. The number of rotatable bonds is 5. The number of nitrogens with two attached hydrogens (primary N) is 1. The molecule has 3 nitrogen and oxygen atoms in total. The van der Waals surface area contributed by atoms with Gasteiger partial charge in [-0.2, -0.15) is 13.2 Å². The van der Waals surface area contributed by atoms with Crippen molar-refractivity contribution in [1.82, 2.24) is 5.32 Å². The molecule has 3 rings (SSSR count). The summed E-state index contributed by atoms with van der Waals surface area (Å²) in [6.07, 6.45) is -2.46. The van der Waals surface area contributed by atoms with Gasteiger partial charge in [0.1, 0.15) is 5.82 Å². The predicted molar refractivity (Wildman–Crippen MR) is 89.9 cm³/mol. The third-order valence-electron chi connectivity index (χ3n) is 4.45. The van der Waals surface area contributed by atoms with Gasteiger partial charge in [0.25, 0.3) is 5.91 Å². The van der Waals surface area contributed by atoms with Crippen LogP contribution in [0.1, 0.15) is 28.8 Å². The topological polar surface area (TPSA) is 55.1 Å². The zero-order chi connectivity index (χ0) is 18.9. The number of alkyl halides is 3. The standard InChI is InChI=1S/C19H18F4N2O/c20-14-6-7-15(12-2-1-3-13(8-12)19(21,22)23)16(9-14)18(26)25-10-17(24)11-4-5-11/h1-3,6-9,11,17H,4-5,10,24H2,(H,25,26). The van der Waals surface area contributed by atoms with Gasteiger partial charge in [-0.05, 0) is 54.2 Å². The Morgan fingerprint density at radius 3 is 2.58 bits per heavy atom. The van der Waals surface area contributed by atoms with Gasteiger partial charge >= 0.3 is 6.18 Å². The van der Waals surface area contributed by atoms with Crippen LogP contribution in [-0.2, 0) is 6.18 Å². The highest BCUT2D eigenvalue weighted by Crippen LogP contribution is 2.34. The quantitative estimate of drug-likeness (QED) is 0.787. The number of benzene rings is 2. The maximum absolute atomic E-state index is 13.6. The molecule has 0 saturated heterocycles. The molecular weight excluding hydrogens is 348 g/mol. The van der Waals surface area contributed by atoms with Gasteiger partial charge in [0, 0.05) is 12.6 Å². The van der Waals surface area contributed by atoms with E-state index < -0.39 is 23.5 Å². The Hall–Kier alpha value is -2.41. The Bertz CT molecular complexity index is 815. The summed E-state index contributed by atoms with van der Waals surface area (Å²) in [4.78, 5) is 12.5. The van der Waals surface area contributed by atoms with Crippen molar-refractivity contribution < 1.29 is 22.4 Å². The van der Waals surface area contributed by atoms with Crippen LogP contribution in [0.5, 0.6) is 0 Å². The second kappa shape index (κ2) is 7.07. The Balaban J connectivity index is 1.89. The molecule has 2 aromatic rings. The van der Waals surface area contributed by atoms with Crippen molar-refractivity contribution in [3.63, 3.8) is 0 Å². The van der Waals surface area contributed by atoms with Crippen molar-refractivity contribution in [1.29, 1.82) is 0 Å². The molecule has 26 heavy (non-hydrogen) atoms. The van der Waals surface area contributed by atoms with E-state index in [2.05, 4.69) is 5.32 Å². The highest BCUT2D eigenvalue weighted by Gasteiger charge is 2.31. The molecule has 0 heterocycles. The zero-order valence-electron chi connectivity index (χ0n) is 13.8. The molecule has 7 heteroatoms. The molecule has 138 valence electrons. The van der Waals surface area contributed by atoms with Gasteiger partial charge in [-0.15, -0.1) is 0 Å². The minimum Gasteiger partial charge on any atom is -0.350 e. The Labute approximate surface area is 148 Å². The fourth-order valence-electron chi connectivity index (χ4n) is 2.82. The van der Waals surface area contributed by atoms with Crippen molar-refractivity contribution in [2.75, 3.05) is 6.54 Å². The lowest BCUT2D eigenvalue weighted by molar-refractivity contribution is -0.137. The molecule has 3 N–H and O–H groups in total. The first-order valence-electron chi connectivity index (χ1n) is 8.26. The molecule has 0 aromatic heterocycles. The molecule has 2 aromatic carbocycles. The summed E-state index contributed by atoms with van der Waals surface area (Å²) in [5.41, 5.74) is 5.51. The second-order valence-corrected chi connectivity index (χ2v) is 6.48. The molecule has 1 atom stereocenters. The first-order chi connectivity index (χ1) is 12.3. The van der Waals surface area contributed by atoms with E-state index in [0.717, 1.165) is 37.1 Å². The van der Waals surface area contributed by atoms with E-state index in [0.29, 0.717) is 5.92 Å². The molecule has 1 fully saturated rings. The van der Waals surface area contributed by atoms with Crippen LogP contribution >= 0.6 is 0 Å². The summed E-state index contributed by atoms with van der Waals surface area (Å²) < 4.78 is 52.5. The van der Waals surface area contributed by atoms with Gasteiger partial charge in [0.2, 0.25) is 0 Å². The number of amides is 1. The molecule has 0 aliphatic heterocycles. The zero-order valence-corrected chi connectivity index (χ0v) is 13.8. The second-order valence-electron chi connectivity index (χ2n) is 6.48. The predicted octanol–water partition coefficient (Wildman–Crippen LogP) is 3.98. The van der Waals surface area contributed by atoms with Crippen LogP contribution in [0.4, 0.5) is 17.6 Å². The first-order valence-corrected chi connectivity index (χ1v) is 8.26. The van der Waals surface area contributed by atoms with Crippen LogP contribution in [-0.4, -0.2) is 18.5 Å². The van der Waals surface area contributed by atoms with E-state index in [1.165, 1.54) is 18.2 Å². The molecule has 0 spiro atoms. The van der Waals surface area contributed by atoms with E-state index in [1.54, 1.807) is 0 Å². The van der Waals surface area contributed by atoms with E-state index in [4.69, 9.17) is 5.73 Å². The minimum atomic E-state index is -4.50. The summed E-state index contributed by atoms with van der Waals surface area (Å²) in [7, 11) is 0. The van der Waals surface area contributed by atoms with Gasteiger partial charge < -0.3 is 11.1 Å². The van der Waals surface area contributed by atoms with Crippen molar-refractivity contribution in [2.24, 2.45) is 11.7 Å². The Morgan fingerprint density at radius 2 is 1.92 bits per heavy atom. The van der Waals surface area contributed by atoms with Gasteiger partial charge in [-0.1, -0.05) is 18.2 Å². The van der Waals surface area contributed by atoms with Gasteiger partial charge in [-0.3, -0.25) is 4.79 Å². The minimum absolute atomic E-state index is 0.0210. The third kappa shape index (κ3) is 4.22. The van der Waals surface area contributed by atoms with Gasteiger partial charge in [0.05, 0.1) is 11.1 Å². The van der Waals surface area contributed by atoms with E-state index in [1.807, 2.05) is 0 Å². The SMILES string of the molecule is NC(CNC(=O)c1cc(F)ccc1-c1cccc(C(F)(F)F)c1)C1CC1. The maximum atomic E-state index is 13.6. The summed E-state index contributed by atoms with van der Waals surface area (Å²) >= 11 is 0. The molecule has 1 saturated carbocycles. The van der Waals surface area contributed by atoms with E-state index >= 15 is 0 Å². The number of nitrogens with one attached hydrogen (secondary N) is 1. The molecule has 1 aliphatic carbocycles. The number of hydrogen-bond donors (Lipinski definition) is 2. The van der Waals surface area contributed by atoms with Crippen LogP contribution < -0.4 is 11.1 Å². The van der Waals surface area contributed by atoms with Crippen molar-refractivity contribution in [2.45, 2.75) is 25.1 Å². The molecule has 1 amide bonds. The molecular formula is C19H18F4N2O. The first kappa shape index (κ1) is 18.4. The lowest BCUT2D eigenvalue weighted by Crippen LogP contribution is -2.38. The highest BCUT2D eigenvalue weighted by molar-refractivity contribution is 6.01. The molecule has 1 aliphatic rings. The maximum Gasteiger partial charge on any atom is 0.416 e. The van der Waals surface area contributed by atoms with Crippen LogP contribution in [0.25, 0.3) is 11.1 Å². The van der Waals surface area contributed by atoms with Crippen LogP contribution in [0, 0.1) is 11.7 Å². The van der Waals surface area contributed by atoms with Crippen molar-refractivity contribution >= 4 is 5.91 Å². The lowest BCUT2D eigenvalue weighted by atomic mass is 9.97. The monoisotopic (exact) mass is 366 g/mol. The number of halogens is 4. The summed E-state index contributed by atoms with van der Waals surface area (Å²) in [6.45, 7) is 0.238. The number of carbonyl (C=O) groups is 1. The summed E-state index contributed by atoms with van der Waals surface area (Å²) in [5, 5.41) is 2.65. The number of carbonyl (C=O) groups excluding carboxylic acids is 1. The Morgan fingerprint density at radius 1 is 1.19 bits per heavy atom. The van der Waals surface area contributed by atoms with Crippen molar-refractivity contribution in [3.05, 3.63) is 59.4 Å². The average Bonchev–Trinajstić information content (AvgIpc) is 3.44. The van der Waals surface area contributed by atoms with Crippen molar-refractivity contribution in [3.8, 4) is 11.1 Å². The molecule has 0 bridgehead atoms. The van der Waals surface area contributed by atoms with Crippen LogP contribution in [0.2, 0.25) is 0 Å². The largest absolute Gasteiger partial charge is 0.416 e. The van der Waals surface area contributed by atoms with Gasteiger partial charge in [0.15, 0.2) is 0 Å². The van der Waals surface area contributed by atoms with E-state index in [9.17, 15) is 22.4 Å². The summed E-state index contributed by atoms with van der Waals surface area (Å²) in [6, 6.07) is 7.86. The smallest absolute Gasteiger partial charge is 0.350 e. The van der Waals surface area contributed by atoms with E-state index in [-0.39, 0.29) is 29.3 Å². The number of hydrogen-bond acceptors (Lipinski definition) is 2. The molecule has 0 radical (unpaired) electrons. The van der Waals surface area contributed by atoms with Crippen LogP contribution in [0.15, 0.2) is 42.5 Å². The Kier molecular flexibility index (Phi) is 5.00. The third-order valence-corrected chi connectivity index (χ3v) is 4.45. The van der Waals surface area contributed by atoms with Gasteiger partial charge in [-0.25, -0.2) is 4.39 Å². The van der Waals surface area contributed by atoms with Crippen LogP contribution in [0.3, 0.4) is 0 Å². The highest BCUT2D eigenvalue weighted by atomic mass is 19.4. The average molecular weight is 366 g/mol. The fraction of sp³-hybridized carbons (Fsp3) is 0.316. The lowest BCUT2D eigenvalue weighted by Gasteiger charge is -2.15. The normalized spacial score (nSPS) is 15.6. The fourth-order valence-corrected chi connectivity index (χ4v) is 2.82. The molecule has 1 unspecified atom stereocenters.